The van der Waals surface area contributed by atoms with Crippen LogP contribution in [-0.4, -0.2) is 26.4 Å². The number of nitrogens with one attached hydrogen (secondary N) is 1. The molecule has 0 unspecified atom stereocenters. The number of aromatic nitrogens is 3. The van der Waals surface area contributed by atoms with Crippen LogP contribution in [0.25, 0.3) is 5.00 Å². The first-order chi connectivity index (χ1) is 15.9. The number of fused-ring (bicyclic) bond motifs is 3. The van der Waals surface area contributed by atoms with E-state index < -0.39 is 12.2 Å². The van der Waals surface area contributed by atoms with Crippen LogP contribution < -0.4 is 5.32 Å². The number of esters is 1. The summed E-state index contributed by atoms with van der Waals surface area (Å²) in [6.07, 6.45) is -0.866. The van der Waals surface area contributed by atoms with Crippen molar-refractivity contribution in [1.82, 2.24) is 14.8 Å². The number of aliphatic imine (C=N–C) groups is 1. The fourth-order valence-corrected chi connectivity index (χ4v) is 5.74. The molecule has 0 aliphatic carbocycles. The van der Waals surface area contributed by atoms with Crippen LogP contribution in [0.15, 0.2) is 46.8 Å². The number of carbonyl (C=O) groups excluding carboxylic acids is 1. The monoisotopic (exact) mass is 477 g/mol. The molecule has 0 saturated carbocycles. The van der Waals surface area contributed by atoms with E-state index in [-0.39, 0.29) is 0 Å². The number of benzene rings is 1. The molecule has 9 heteroatoms. The average molecular weight is 478 g/mol. The molecule has 5 rings (SSSR count). The Balaban J connectivity index is 1.58. The van der Waals surface area contributed by atoms with Crippen LogP contribution in [0.5, 0.6) is 0 Å². The molecule has 1 aliphatic rings. The number of anilines is 1. The van der Waals surface area contributed by atoms with Crippen LogP contribution in [0.2, 0.25) is 0 Å². The maximum Gasteiger partial charge on any atom is 0.304 e. The Morgan fingerprint density at radius 3 is 2.64 bits per heavy atom. The molecule has 0 amide bonds. The second-order valence-electron chi connectivity index (χ2n) is 7.85. The van der Waals surface area contributed by atoms with Gasteiger partial charge in [-0.2, -0.15) is 0 Å². The maximum atomic E-state index is 11.9. The summed E-state index contributed by atoms with van der Waals surface area (Å²) in [5.74, 6) is 0.824. The van der Waals surface area contributed by atoms with Gasteiger partial charge in [-0.05, 0) is 49.9 Å². The van der Waals surface area contributed by atoms with E-state index >= 15 is 0 Å². The molecule has 3 aromatic heterocycles. The summed E-state index contributed by atoms with van der Waals surface area (Å²) in [4.78, 5) is 19.3. The first-order valence-corrected chi connectivity index (χ1v) is 12.3. The molecule has 0 fully saturated rings. The van der Waals surface area contributed by atoms with Crippen molar-refractivity contribution in [2.24, 2.45) is 4.99 Å². The largest absolute Gasteiger partial charge is 0.432 e. The van der Waals surface area contributed by atoms with Crippen molar-refractivity contribution in [2.75, 3.05) is 5.32 Å². The molecule has 1 aromatic carbocycles. The van der Waals surface area contributed by atoms with Crippen LogP contribution in [-0.2, 0) is 16.1 Å². The minimum absolute atomic E-state index is 0.415. The van der Waals surface area contributed by atoms with Gasteiger partial charge in [0.15, 0.2) is 0 Å². The Morgan fingerprint density at radius 2 is 1.94 bits per heavy atom. The van der Waals surface area contributed by atoms with E-state index in [1.807, 2.05) is 11.5 Å². The third-order valence-corrected chi connectivity index (χ3v) is 7.68. The van der Waals surface area contributed by atoms with E-state index in [0.717, 1.165) is 45.5 Å². The van der Waals surface area contributed by atoms with Crippen molar-refractivity contribution in [3.8, 4) is 5.00 Å². The summed E-state index contributed by atoms with van der Waals surface area (Å²) >= 11 is 3.40. The fraction of sp³-hybridized carbons (Fsp3) is 0.250. The SMILES string of the molecule is CC(=O)O[C@@H]1N=C(c2ccc(NCc3cccs3)cc2)c2c(sc(C)c2C)-n2c(C)nnc21. The normalized spacial score (nSPS) is 14.8. The lowest BCUT2D eigenvalue weighted by Gasteiger charge is -2.13. The van der Waals surface area contributed by atoms with Gasteiger partial charge in [0.1, 0.15) is 10.8 Å². The number of rotatable bonds is 5. The third kappa shape index (κ3) is 3.98. The van der Waals surface area contributed by atoms with Crippen molar-refractivity contribution in [3.05, 3.63) is 79.9 Å². The predicted molar refractivity (Wildman–Crippen MR) is 132 cm³/mol. The highest BCUT2D eigenvalue weighted by Crippen LogP contribution is 2.39. The first kappa shape index (κ1) is 21.5. The van der Waals surface area contributed by atoms with Gasteiger partial charge >= 0.3 is 5.97 Å². The van der Waals surface area contributed by atoms with Gasteiger partial charge in [0.05, 0.1) is 5.71 Å². The summed E-state index contributed by atoms with van der Waals surface area (Å²) < 4.78 is 7.54. The van der Waals surface area contributed by atoms with Crippen LogP contribution in [0, 0.1) is 20.8 Å². The summed E-state index contributed by atoms with van der Waals surface area (Å²) in [5, 5.41) is 15.1. The number of hydrogen-bond donors (Lipinski definition) is 1. The number of hydrogen-bond acceptors (Lipinski definition) is 8. The number of nitrogens with zero attached hydrogens (tertiary/aromatic N) is 4. The summed E-state index contributed by atoms with van der Waals surface area (Å²) in [6.45, 7) is 8.27. The Bertz CT molecular complexity index is 1350. The highest BCUT2D eigenvalue weighted by Gasteiger charge is 2.32. The molecular formula is C24H23N5O2S2. The van der Waals surface area contributed by atoms with E-state index in [2.05, 4.69) is 71.1 Å². The molecule has 33 heavy (non-hydrogen) atoms. The standard InChI is InChI=1S/C24H23N5O2S2/c1-13-14(2)33-24-20(13)21(26-23(31-16(4)30)22-28-27-15(3)29(22)24)17-7-9-18(10-8-17)25-12-19-6-5-11-32-19/h5-11,23,25H,12H2,1-4H3/t23-/m0/s1. The van der Waals surface area contributed by atoms with E-state index in [1.165, 1.54) is 16.7 Å². The minimum Gasteiger partial charge on any atom is -0.432 e. The molecule has 168 valence electrons. The molecule has 7 nitrogen and oxygen atoms in total. The fourth-order valence-electron chi connectivity index (χ4n) is 3.88. The average Bonchev–Trinajstić information content (AvgIpc) is 3.49. The van der Waals surface area contributed by atoms with Crippen molar-refractivity contribution >= 4 is 40.0 Å². The lowest BCUT2D eigenvalue weighted by Crippen LogP contribution is -2.12. The maximum absolute atomic E-state index is 11.9. The van der Waals surface area contributed by atoms with Crippen LogP contribution in [0.1, 0.15) is 51.2 Å². The summed E-state index contributed by atoms with van der Waals surface area (Å²) in [7, 11) is 0. The van der Waals surface area contributed by atoms with Gasteiger partial charge in [-0.3, -0.25) is 9.36 Å². The van der Waals surface area contributed by atoms with Gasteiger partial charge in [0.25, 0.3) is 6.23 Å². The zero-order valence-corrected chi connectivity index (χ0v) is 20.4. The lowest BCUT2D eigenvalue weighted by molar-refractivity contribution is -0.146. The van der Waals surface area contributed by atoms with Gasteiger partial charge < -0.3 is 10.1 Å². The Labute approximate surface area is 199 Å². The topological polar surface area (TPSA) is 81.4 Å². The Morgan fingerprint density at radius 1 is 1.15 bits per heavy atom. The molecule has 1 aliphatic heterocycles. The number of carbonyl (C=O) groups is 1. The van der Waals surface area contributed by atoms with Crippen molar-refractivity contribution < 1.29 is 9.53 Å². The molecule has 0 spiro atoms. The first-order valence-electron chi connectivity index (χ1n) is 10.6. The molecule has 4 aromatic rings. The highest BCUT2D eigenvalue weighted by atomic mass is 32.1. The molecular weight excluding hydrogens is 454 g/mol. The van der Waals surface area contributed by atoms with Gasteiger partial charge in [-0.1, -0.05) is 18.2 Å². The van der Waals surface area contributed by atoms with Crippen molar-refractivity contribution in [3.63, 3.8) is 0 Å². The van der Waals surface area contributed by atoms with Gasteiger partial charge in [-0.25, -0.2) is 4.99 Å². The molecule has 1 atom stereocenters. The summed E-state index contributed by atoms with van der Waals surface area (Å²) in [5.41, 5.74) is 4.94. The second kappa shape index (κ2) is 8.57. The molecule has 0 bridgehead atoms. The highest BCUT2D eigenvalue weighted by molar-refractivity contribution is 7.15. The molecule has 0 saturated heterocycles. The molecule has 1 N–H and O–H groups in total. The number of aryl methyl sites for hydroxylation is 2. The number of ether oxygens (including phenoxy) is 1. The molecule has 4 heterocycles. The van der Waals surface area contributed by atoms with E-state index in [4.69, 9.17) is 9.73 Å². The smallest absolute Gasteiger partial charge is 0.304 e. The molecule has 0 radical (unpaired) electrons. The Hall–Kier alpha value is -3.30. The third-order valence-electron chi connectivity index (χ3n) is 5.61. The van der Waals surface area contributed by atoms with E-state index in [0.29, 0.717) is 5.82 Å². The predicted octanol–water partition coefficient (Wildman–Crippen LogP) is 5.34. The number of thiophene rings is 2. The minimum atomic E-state index is -0.866. The Kier molecular flexibility index (Phi) is 5.59. The van der Waals surface area contributed by atoms with Crippen LogP contribution >= 0.6 is 22.7 Å². The van der Waals surface area contributed by atoms with Gasteiger partial charge in [0.2, 0.25) is 5.82 Å². The van der Waals surface area contributed by atoms with Gasteiger partial charge in [-0.15, -0.1) is 32.9 Å². The zero-order chi connectivity index (χ0) is 23.1. The lowest BCUT2D eigenvalue weighted by atomic mass is 9.99. The van der Waals surface area contributed by atoms with Gasteiger partial charge in [0, 0.05) is 40.0 Å². The van der Waals surface area contributed by atoms with Crippen molar-refractivity contribution in [2.45, 2.75) is 40.5 Å². The van der Waals surface area contributed by atoms with Crippen LogP contribution in [0.4, 0.5) is 5.69 Å². The van der Waals surface area contributed by atoms with Crippen molar-refractivity contribution in [1.29, 1.82) is 0 Å². The van der Waals surface area contributed by atoms with E-state index in [9.17, 15) is 4.79 Å². The summed E-state index contributed by atoms with van der Waals surface area (Å²) in [6, 6.07) is 12.4. The zero-order valence-electron chi connectivity index (χ0n) is 18.7. The quantitative estimate of drug-likeness (QED) is 0.392. The van der Waals surface area contributed by atoms with Crippen LogP contribution in [0.3, 0.4) is 0 Å². The van der Waals surface area contributed by atoms with E-state index in [1.54, 1.807) is 22.7 Å². The second-order valence-corrected chi connectivity index (χ2v) is 10.1.